The summed E-state index contributed by atoms with van der Waals surface area (Å²) in [7, 11) is 0. The van der Waals surface area contributed by atoms with Crippen LogP contribution in [0.4, 0.5) is 5.13 Å². The van der Waals surface area contributed by atoms with Gasteiger partial charge in [0.05, 0.1) is 0 Å². The highest BCUT2D eigenvalue weighted by atomic mass is 79.9. The predicted octanol–water partition coefficient (Wildman–Crippen LogP) is 3.01. The molecule has 16 heavy (non-hydrogen) atoms. The zero-order chi connectivity index (χ0) is 11.4. The van der Waals surface area contributed by atoms with Crippen molar-refractivity contribution < 1.29 is 4.79 Å². The molecule has 82 valence electrons. The van der Waals surface area contributed by atoms with Crippen molar-refractivity contribution in [1.82, 2.24) is 10.2 Å². The molecule has 0 aliphatic heterocycles. The molecule has 0 spiro atoms. The first-order valence-corrected chi connectivity index (χ1v) is 6.78. The SMILES string of the molecule is O=C(C=Cc1cc(Br)cs1)Nc1nncs1. The fourth-order valence-electron chi connectivity index (χ4n) is 0.948. The molecule has 0 aromatic carbocycles. The predicted molar refractivity (Wildman–Crippen MR) is 69.6 cm³/mol. The monoisotopic (exact) mass is 315 g/mol. The fraction of sp³-hybridized carbons (Fsp3) is 0. The van der Waals surface area contributed by atoms with Crippen molar-refractivity contribution in [1.29, 1.82) is 0 Å². The molecule has 2 heterocycles. The highest BCUT2D eigenvalue weighted by molar-refractivity contribution is 9.10. The highest BCUT2D eigenvalue weighted by Crippen LogP contribution is 2.20. The third kappa shape index (κ3) is 3.22. The van der Waals surface area contributed by atoms with Gasteiger partial charge in [0.1, 0.15) is 5.51 Å². The lowest BCUT2D eigenvalue weighted by Crippen LogP contribution is -2.07. The second-order valence-corrected chi connectivity index (χ2v) is 5.43. The van der Waals surface area contributed by atoms with Crippen LogP contribution < -0.4 is 5.32 Å². The van der Waals surface area contributed by atoms with Crippen LogP contribution in [0.5, 0.6) is 0 Å². The number of halogens is 1. The minimum atomic E-state index is -0.207. The van der Waals surface area contributed by atoms with Gasteiger partial charge in [0.25, 0.3) is 0 Å². The van der Waals surface area contributed by atoms with E-state index in [9.17, 15) is 4.79 Å². The summed E-state index contributed by atoms with van der Waals surface area (Å²) >= 11 is 6.19. The summed E-state index contributed by atoms with van der Waals surface area (Å²) in [5, 5.41) is 12.4. The molecule has 0 saturated heterocycles. The Kier molecular flexibility index (Phi) is 3.81. The van der Waals surface area contributed by atoms with Crippen molar-refractivity contribution in [3.05, 3.63) is 32.4 Å². The van der Waals surface area contributed by atoms with Gasteiger partial charge < -0.3 is 0 Å². The number of rotatable bonds is 3. The number of aromatic nitrogens is 2. The summed E-state index contributed by atoms with van der Waals surface area (Å²) in [6, 6.07) is 1.94. The van der Waals surface area contributed by atoms with Crippen molar-refractivity contribution in [2.75, 3.05) is 5.32 Å². The van der Waals surface area contributed by atoms with Crippen molar-refractivity contribution in [3.63, 3.8) is 0 Å². The summed E-state index contributed by atoms with van der Waals surface area (Å²) in [5.74, 6) is -0.207. The minimum Gasteiger partial charge on any atom is -0.297 e. The molecule has 0 radical (unpaired) electrons. The van der Waals surface area contributed by atoms with E-state index in [1.165, 1.54) is 17.4 Å². The topological polar surface area (TPSA) is 54.9 Å². The van der Waals surface area contributed by atoms with Crippen LogP contribution in [-0.2, 0) is 4.79 Å². The lowest BCUT2D eigenvalue weighted by atomic mass is 10.4. The van der Waals surface area contributed by atoms with Crippen molar-refractivity contribution >= 4 is 55.7 Å². The number of carbonyl (C=O) groups is 1. The van der Waals surface area contributed by atoms with Crippen LogP contribution in [0.3, 0.4) is 0 Å². The molecule has 0 atom stereocenters. The van der Waals surface area contributed by atoms with E-state index in [2.05, 4.69) is 31.4 Å². The minimum absolute atomic E-state index is 0.207. The van der Waals surface area contributed by atoms with E-state index >= 15 is 0 Å². The summed E-state index contributed by atoms with van der Waals surface area (Å²) < 4.78 is 1.02. The first-order chi connectivity index (χ1) is 7.74. The lowest BCUT2D eigenvalue weighted by Gasteiger charge is -1.92. The largest absolute Gasteiger partial charge is 0.297 e. The van der Waals surface area contributed by atoms with Gasteiger partial charge in [-0.3, -0.25) is 10.1 Å². The molecule has 1 N–H and O–H groups in total. The maximum atomic E-state index is 11.4. The van der Waals surface area contributed by atoms with Gasteiger partial charge in [-0.2, -0.15) is 0 Å². The van der Waals surface area contributed by atoms with Crippen molar-refractivity contribution in [2.45, 2.75) is 0 Å². The number of amides is 1. The molecule has 0 unspecified atom stereocenters. The van der Waals surface area contributed by atoms with Crippen molar-refractivity contribution in [3.8, 4) is 0 Å². The maximum absolute atomic E-state index is 11.4. The Morgan fingerprint density at radius 2 is 2.38 bits per heavy atom. The standard InChI is InChI=1S/C9H6BrN3OS2/c10-6-3-7(15-4-6)1-2-8(14)12-9-13-11-5-16-9/h1-5H,(H,12,13,14). The third-order valence-corrected chi connectivity index (χ3v) is 3.84. The van der Waals surface area contributed by atoms with Gasteiger partial charge in [-0.25, -0.2) is 0 Å². The zero-order valence-corrected chi connectivity index (χ0v) is 11.1. The average molecular weight is 316 g/mol. The van der Waals surface area contributed by atoms with Gasteiger partial charge in [-0.15, -0.1) is 21.5 Å². The molecule has 7 heteroatoms. The highest BCUT2D eigenvalue weighted by Gasteiger charge is 2.00. The van der Waals surface area contributed by atoms with Crippen LogP contribution in [0.15, 0.2) is 27.5 Å². The Labute approximate surface area is 108 Å². The number of anilines is 1. The summed E-state index contributed by atoms with van der Waals surface area (Å²) in [6.45, 7) is 0. The summed E-state index contributed by atoms with van der Waals surface area (Å²) in [4.78, 5) is 12.4. The molecule has 0 bridgehead atoms. The number of nitrogens with one attached hydrogen (secondary N) is 1. The Bertz CT molecular complexity index is 507. The second kappa shape index (κ2) is 5.33. The maximum Gasteiger partial charge on any atom is 0.250 e. The van der Waals surface area contributed by atoms with E-state index in [1.54, 1.807) is 22.9 Å². The quantitative estimate of drug-likeness (QED) is 0.886. The van der Waals surface area contributed by atoms with Gasteiger partial charge in [-0.1, -0.05) is 11.3 Å². The normalized spacial score (nSPS) is 10.8. The van der Waals surface area contributed by atoms with Crippen LogP contribution >= 0.6 is 38.6 Å². The van der Waals surface area contributed by atoms with E-state index < -0.39 is 0 Å². The van der Waals surface area contributed by atoms with Gasteiger partial charge in [0.15, 0.2) is 0 Å². The van der Waals surface area contributed by atoms with E-state index in [1.807, 2.05) is 11.4 Å². The Balaban J connectivity index is 1.94. The molecule has 2 aromatic rings. The van der Waals surface area contributed by atoms with Gasteiger partial charge in [0, 0.05) is 20.8 Å². The number of hydrogen-bond acceptors (Lipinski definition) is 5. The Morgan fingerprint density at radius 1 is 1.50 bits per heavy atom. The molecule has 1 amide bonds. The molecular formula is C9H6BrN3OS2. The third-order valence-electron chi connectivity index (χ3n) is 1.58. The van der Waals surface area contributed by atoms with E-state index in [0.29, 0.717) is 5.13 Å². The molecule has 0 saturated carbocycles. The molecule has 0 aliphatic rings. The number of hydrogen-bond donors (Lipinski definition) is 1. The fourth-order valence-corrected chi connectivity index (χ4v) is 2.73. The van der Waals surface area contributed by atoms with E-state index in [-0.39, 0.29) is 5.91 Å². The molecular weight excluding hydrogens is 310 g/mol. The van der Waals surface area contributed by atoms with Gasteiger partial charge in [-0.05, 0) is 28.1 Å². The van der Waals surface area contributed by atoms with Crippen LogP contribution in [0.1, 0.15) is 4.88 Å². The van der Waals surface area contributed by atoms with E-state index in [4.69, 9.17) is 0 Å². The van der Waals surface area contributed by atoms with Crippen LogP contribution in [-0.4, -0.2) is 16.1 Å². The number of thiophene rings is 1. The Morgan fingerprint density at radius 3 is 3.00 bits per heavy atom. The number of nitrogens with zero attached hydrogens (tertiary/aromatic N) is 2. The van der Waals surface area contributed by atoms with Crippen molar-refractivity contribution in [2.24, 2.45) is 0 Å². The second-order valence-electron chi connectivity index (χ2n) is 2.73. The van der Waals surface area contributed by atoms with Gasteiger partial charge >= 0.3 is 0 Å². The smallest absolute Gasteiger partial charge is 0.250 e. The molecule has 0 fully saturated rings. The first kappa shape index (κ1) is 11.4. The average Bonchev–Trinajstić information content (AvgIpc) is 2.87. The van der Waals surface area contributed by atoms with Crippen LogP contribution in [0.25, 0.3) is 6.08 Å². The molecule has 2 aromatic heterocycles. The molecule has 2 rings (SSSR count). The number of carbonyl (C=O) groups excluding carboxylic acids is 1. The summed E-state index contributed by atoms with van der Waals surface area (Å²) in [6.07, 6.45) is 3.23. The summed E-state index contributed by atoms with van der Waals surface area (Å²) in [5.41, 5.74) is 1.57. The van der Waals surface area contributed by atoms with Crippen LogP contribution in [0, 0.1) is 0 Å². The van der Waals surface area contributed by atoms with E-state index in [0.717, 1.165) is 9.35 Å². The Hall–Kier alpha value is -1.05. The molecule has 0 aliphatic carbocycles. The first-order valence-electron chi connectivity index (χ1n) is 4.23. The molecule has 4 nitrogen and oxygen atoms in total. The van der Waals surface area contributed by atoms with Gasteiger partial charge in [0.2, 0.25) is 11.0 Å². The van der Waals surface area contributed by atoms with Crippen LogP contribution in [0.2, 0.25) is 0 Å². The lowest BCUT2D eigenvalue weighted by molar-refractivity contribution is -0.111. The zero-order valence-electron chi connectivity index (χ0n) is 7.88.